The van der Waals surface area contributed by atoms with Crippen molar-refractivity contribution in [2.24, 2.45) is 0 Å². The second-order valence-electron chi connectivity index (χ2n) is 4.02. The minimum atomic E-state index is -0.121. The molecule has 0 spiro atoms. The number of hydrogen-bond acceptors (Lipinski definition) is 1. The van der Waals surface area contributed by atoms with E-state index in [1.54, 1.807) is 0 Å². The minimum Gasteiger partial charge on any atom is -0.393 e. The van der Waals surface area contributed by atoms with Crippen LogP contribution in [0.15, 0.2) is 30.3 Å². The lowest BCUT2D eigenvalue weighted by molar-refractivity contribution is 0.166. The van der Waals surface area contributed by atoms with Gasteiger partial charge in [0, 0.05) is 0 Å². The molecule has 2 rings (SSSR count). The molecule has 1 aromatic rings. The summed E-state index contributed by atoms with van der Waals surface area (Å²) in [7, 11) is 0. The Bertz CT molecular complexity index is 335. The molecule has 0 bridgehead atoms. The molecule has 0 radical (unpaired) electrons. The van der Waals surface area contributed by atoms with Crippen LogP contribution >= 0.6 is 0 Å². The fraction of sp³-hybridized carbons (Fsp3) is 0.385. The van der Waals surface area contributed by atoms with Gasteiger partial charge in [-0.05, 0) is 37.3 Å². The molecule has 1 aliphatic carbocycles. The maximum atomic E-state index is 9.37. The number of rotatable bonds is 1. The summed E-state index contributed by atoms with van der Waals surface area (Å²) in [4.78, 5) is 0. The first kappa shape index (κ1) is 9.47. The fourth-order valence-electron chi connectivity index (χ4n) is 1.85. The molecule has 1 nitrogen and oxygen atoms in total. The first-order chi connectivity index (χ1) is 6.75. The van der Waals surface area contributed by atoms with Crippen LogP contribution in [0.2, 0.25) is 0 Å². The van der Waals surface area contributed by atoms with E-state index in [1.165, 1.54) is 16.7 Å². The Labute approximate surface area is 85.1 Å². The van der Waals surface area contributed by atoms with Gasteiger partial charge in [-0.25, -0.2) is 0 Å². The fourth-order valence-corrected chi connectivity index (χ4v) is 1.85. The standard InChI is InChI=1S/C13H16O/c1-10-2-4-11(5-3-10)12-6-8-13(14)9-7-12/h2-6,13-14H,7-9H2,1H3/t13-/m1/s1. The smallest absolute Gasteiger partial charge is 0.0578 e. The van der Waals surface area contributed by atoms with Crippen LogP contribution in [0.25, 0.3) is 5.57 Å². The van der Waals surface area contributed by atoms with Crippen LogP contribution in [-0.4, -0.2) is 11.2 Å². The zero-order valence-electron chi connectivity index (χ0n) is 8.53. The van der Waals surface area contributed by atoms with Gasteiger partial charge in [0.25, 0.3) is 0 Å². The lowest BCUT2D eigenvalue weighted by Gasteiger charge is -2.17. The van der Waals surface area contributed by atoms with Crippen molar-refractivity contribution in [2.45, 2.75) is 32.3 Å². The molecule has 0 amide bonds. The molecule has 0 fully saturated rings. The van der Waals surface area contributed by atoms with E-state index in [9.17, 15) is 5.11 Å². The van der Waals surface area contributed by atoms with Crippen LogP contribution in [0.4, 0.5) is 0 Å². The molecule has 0 saturated heterocycles. The predicted octanol–water partition coefficient (Wildman–Crippen LogP) is 2.92. The summed E-state index contributed by atoms with van der Waals surface area (Å²) in [6, 6.07) is 8.61. The van der Waals surface area contributed by atoms with Crippen molar-refractivity contribution >= 4 is 5.57 Å². The molecule has 0 aromatic heterocycles. The van der Waals surface area contributed by atoms with E-state index in [0.717, 1.165) is 19.3 Å². The summed E-state index contributed by atoms with van der Waals surface area (Å²) < 4.78 is 0. The zero-order valence-corrected chi connectivity index (χ0v) is 8.53. The zero-order chi connectivity index (χ0) is 9.97. The Morgan fingerprint density at radius 2 is 1.93 bits per heavy atom. The summed E-state index contributed by atoms with van der Waals surface area (Å²) in [6.45, 7) is 2.10. The van der Waals surface area contributed by atoms with Crippen LogP contribution in [0.1, 0.15) is 30.4 Å². The van der Waals surface area contributed by atoms with Gasteiger partial charge in [-0.3, -0.25) is 0 Å². The Morgan fingerprint density at radius 3 is 2.50 bits per heavy atom. The van der Waals surface area contributed by atoms with Gasteiger partial charge in [0.1, 0.15) is 0 Å². The van der Waals surface area contributed by atoms with Gasteiger partial charge in [-0.1, -0.05) is 35.9 Å². The van der Waals surface area contributed by atoms with Crippen molar-refractivity contribution in [3.63, 3.8) is 0 Å². The number of aliphatic hydroxyl groups is 1. The van der Waals surface area contributed by atoms with Gasteiger partial charge >= 0.3 is 0 Å². The van der Waals surface area contributed by atoms with Gasteiger partial charge in [0.2, 0.25) is 0 Å². The van der Waals surface area contributed by atoms with E-state index < -0.39 is 0 Å². The number of allylic oxidation sites excluding steroid dienone is 1. The highest BCUT2D eigenvalue weighted by Gasteiger charge is 2.12. The maximum Gasteiger partial charge on any atom is 0.0578 e. The van der Waals surface area contributed by atoms with E-state index in [2.05, 4.69) is 37.3 Å². The van der Waals surface area contributed by atoms with Gasteiger partial charge in [0.15, 0.2) is 0 Å². The molecular weight excluding hydrogens is 172 g/mol. The normalized spacial score (nSPS) is 21.9. The lowest BCUT2D eigenvalue weighted by atomic mass is 9.92. The quantitative estimate of drug-likeness (QED) is 0.718. The highest BCUT2D eigenvalue weighted by atomic mass is 16.3. The number of hydrogen-bond donors (Lipinski definition) is 1. The van der Waals surface area contributed by atoms with E-state index in [4.69, 9.17) is 0 Å². The van der Waals surface area contributed by atoms with Gasteiger partial charge < -0.3 is 5.11 Å². The maximum absolute atomic E-state index is 9.37. The monoisotopic (exact) mass is 188 g/mol. The minimum absolute atomic E-state index is 0.121. The molecule has 1 heteroatoms. The van der Waals surface area contributed by atoms with Crippen molar-refractivity contribution in [3.05, 3.63) is 41.5 Å². The van der Waals surface area contributed by atoms with Crippen LogP contribution in [0.3, 0.4) is 0 Å². The largest absolute Gasteiger partial charge is 0.393 e. The first-order valence-corrected chi connectivity index (χ1v) is 5.20. The summed E-state index contributed by atoms with van der Waals surface area (Å²) >= 11 is 0. The Hall–Kier alpha value is -1.08. The molecule has 1 aromatic carbocycles. The van der Waals surface area contributed by atoms with Gasteiger partial charge in [-0.15, -0.1) is 0 Å². The van der Waals surface area contributed by atoms with E-state index in [-0.39, 0.29) is 6.10 Å². The van der Waals surface area contributed by atoms with Crippen LogP contribution in [0.5, 0.6) is 0 Å². The third kappa shape index (κ3) is 2.05. The SMILES string of the molecule is Cc1ccc(C2=CC[C@@H](O)CC2)cc1. The highest BCUT2D eigenvalue weighted by Crippen LogP contribution is 2.26. The molecule has 14 heavy (non-hydrogen) atoms. The topological polar surface area (TPSA) is 20.2 Å². The Morgan fingerprint density at radius 1 is 1.21 bits per heavy atom. The first-order valence-electron chi connectivity index (χ1n) is 5.20. The third-order valence-corrected chi connectivity index (χ3v) is 2.81. The lowest BCUT2D eigenvalue weighted by Crippen LogP contribution is -2.09. The average molecular weight is 188 g/mol. The molecule has 1 N–H and O–H groups in total. The summed E-state index contributed by atoms with van der Waals surface area (Å²) in [6.07, 6.45) is 4.76. The van der Waals surface area contributed by atoms with Gasteiger partial charge in [0.05, 0.1) is 6.10 Å². The van der Waals surface area contributed by atoms with Crippen LogP contribution in [0, 0.1) is 6.92 Å². The van der Waals surface area contributed by atoms with Crippen molar-refractivity contribution in [1.29, 1.82) is 0 Å². The van der Waals surface area contributed by atoms with Crippen molar-refractivity contribution < 1.29 is 5.11 Å². The van der Waals surface area contributed by atoms with E-state index >= 15 is 0 Å². The van der Waals surface area contributed by atoms with Gasteiger partial charge in [-0.2, -0.15) is 0 Å². The number of aliphatic hydroxyl groups excluding tert-OH is 1. The van der Waals surface area contributed by atoms with E-state index in [0.29, 0.717) is 0 Å². The molecular formula is C13H16O. The molecule has 74 valence electrons. The molecule has 1 aliphatic rings. The summed E-state index contributed by atoms with van der Waals surface area (Å²) in [5.41, 5.74) is 3.99. The molecule has 0 heterocycles. The Balaban J connectivity index is 2.19. The highest BCUT2D eigenvalue weighted by molar-refractivity contribution is 5.66. The van der Waals surface area contributed by atoms with Crippen LogP contribution < -0.4 is 0 Å². The third-order valence-electron chi connectivity index (χ3n) is 2.81. The second kappa shape index (κ2) is 3.97. The molecule has 1 atom stereocenters. The number of benzene rings is 1. The van der Waals surface area contributed by atoms with Crippen LogP contribution in [-0.2, 0) is 0 Å². The summed E-state index contributed by atoms with van der Waals surface area (Å²) in [5, 5.41) is 9.37. The predicted molar refractivity (Wildman–Crippen MR) is 59.0 cm³/mol. The second-order valence-corrected chi connectivity index (χ2v) is 4.02. The Kier molecular flexibility index (Phi) is 2.69. The number of aryl methyl sites for hydroxylation is 1. The molecule has 0 unspecified atom stereocenters. The molecule has 0 aliphatic heterocycles. The molecule has 0 saturated carbocycles. The van der Waals surface area contributed by atoms with Crippen molar-refractivity contribution in [2.75, 3.05) is 0 Å². The van der Waals surface area contributed by atoms with Crippen molar-refractivity contribution in [1.82, 2.24) is 0 Å². The summed E-state index contributed by atoms with van der Waals surface area (Å²) in [5.74, 6) is 0. The van der Waals surface area contributed by atoms with Crippen molar-refractivity contribution in [3.8, 4) is 0 Å². The average Bonchev–Trinajstić information content (AvgIpc) is 2.21. The van der Waals surface area contributed by atoms with E-state index in [1.807, 2.05) is 0 Å².